The lowest BCUT2D eigenvalue weighted by Gasteiger charge is -2.32. The van der Waals surface area contributed by atoms with Crippen LogP contribution in [0.5, 0.6) is 0 Å². The molecule has 0 radical (unpaired) electrons. The molecule has 0 spiro atoms. The molecule has 0 aromatic carbocycles. The van der Waals surface area contributed by atoms with E-state index in [0.717, 1.165) is 29.3 Å². The Morgan fingerprint density at radius 3 is 2.67 bits per heavy atom. The van der Waals surface area contributed by atoms with Gasteiger partial charge in [0, 0.05) is 18.3 Å². The van der Waals surface area contributed by atoms with Crippen molar-refractivity contribution in [2.75, 3.05) is 0 Å². The zero-order chi connectivity index (χ0) is 13.3. The van der Waals surface area contributed by atoms with Gasteiger partial charge >= 0.3 is 0 Å². The lowest BCUT2D eigenvalue weighted by atomic mass is 9.76. The maximum Gasteiger partial charge on any atom is 0.0854 e. The van der Waals surface area contributed by atoms with E-state index in [4.69, 9.17) is 0 Å². The van der Waals surface area contributed by atoms with Crippen molar-refractivity contribution in [1.82, 2.24) is 9.78 Å². The third-order valence-corrected chi connectivity index (χ3v) is 4.71. The van der Waals surface area contributed by atoms with Gasteiger partial charge in [-0.3, -0.25) is 4.68 Å². The highest BCUT2D eigenvalue weighted by atomic mass is 16.3. The fraction of sp³-hybridized carbons (Fsp3) is 0.800. The van der Waals surface area contributed by atoms with Crippen LogP contribution in [0.2, 0.25) is 0 Å². The van der Waals surface area contributed by atoms with E-state index in [2.05, 4.69) is 18.9 Å². The monoisotopic (exact) mass is 250 g/mol. The number of rotatable bonds is 3. The van der Waals surface area contributed by atoms with E-state index in [1.807, 2.05) is 18.7 Å². The van der Waals surface area contributed by atoms with E-state index in [1.54, 1.807) is 0 Å². The Labute approximate surface area is 110 Å². The molecule has 1 saturated carbocycles. The Kier molecular flexibility index (Phi) is 4.10. The predicted molar refractivity (Wildman–Crippen MR) is 73.4 cm³/mol. The summed E-state index contributed by atoms with van der Waals surface area (Å²) in [6.07, 6.45) is 5.85. The molecule has 0 amide bonds. The van der Waals surface area contributed by atoms with Crippen LogP contribution < -0.4 is 0 Å². The van der Waals surface area contributed by atoms with Gasteiger partial charge in [0.15, 0.2) is 0 Å². The van der Waals surface area contributed by atoms with Crippen molar-refractivity contribution < 1.29 is 5.11 Å². The minimum Gasteiger partial charge on any atom is -0.388 e. The predicted octanol–water partition coefficient (Wildman–Crippen LogP) is 3.29. The minimum absolute atomic E-state index is 0.326. The van der Waals surface area contributed by atoms with E-state index in [0.29, 0.717) is 5.92 Å². The molecule has 0 saturated heterocycles. The van der Waals surface area contributed by atoms with Crippen molar-refractivity contribution in [3.8, 4) is 0 Å². The lowest BCUT2D eigenvalue weighted by molar-refractivity contribution is 0.0668. The normalized spacial score (nSPS) is 26.3. The first-order chi connectivity index (χ1) is 8.54. The Bertz CT molecular complexity index is 411. The maximum atomic E-state index is 10.7. The number of nitrogens with zero attached hydrogens (tertiary/aromatic N) is 2. The van der Waals surface area contributed by atoms with Gasteiger partial charge in [0.25, 0.3) is 0 Å². The van der Waals surface area contributed by atoms with Crippen molar-refractivity contribution in [2.24, 2.45) is 18.9 Å². The Balaban J connectivity index is 2.17. The van der Waals surface area contributed by atoms with Crippen LogP contribution >= 0.6 is 0 Å². The van der Waals surface area contributed by atoms with Gasteiger partial charge in [-0.25, -0.2) is 0 Å². The number of aromatic nitrogens is 2. The molecular weight excluding hydrogens is 224 g/mol. The summed E-state index contributed by atoms with van der Waals surface area (Å²) in [5.74, 6) is 1.22. The van der Waals surface area contributed by atoms with E-state index in [-0.39, 0.29) is 6.10 Å². The molecule has 102 valence electrons. The molecule has 3 nitrogen and oxygen atoms in total. The molecule has 0 aliphatic heterocycles. The number of aliphatic hydroxyl groups excluding tert-OH is 1. The Morgan fingerprint density at radius 2 is 2.11 bits per heavy atom. The number of aryl methyl sites for hydroxylation is 2. The second-order valence-electron chi connectivity index (χ2n) is 5.85. The van der Waals surface area contributed by atoms with Crippen molar-refractivity contribution in [2.45, 2.75) is 59.0 Å². The highest BCUT2D eigenvalue weighted by Gasteiger charge is 2.30. The van der Waals surface area contributed by atoms with Crippen molar-refractivity contribution >= 4 is 0 Å². The summed E-state index contributed by atoms with van der Waals surface area (Å²) in [4.78, 5) is 0. The average molecular weight is 250 g/mol. The molecule has 1 aromatic rings. The van der Waals surface area contributed by atoms with Crippen LogP contribution in [0, 0.1) is 25.7 Å². The highest BCUT2D eigenvalue weighted by Crippen LogP contribution is 2.39. The van der Waals surface area contributed by atoms with Crippen LogP contribution in [-0.2, 0) is 7.05 Å². The van der Waals surface area contributed by atoms with E-state index >= 15 is 0 Å². The third kappa shape index (κ3) is 2.46. The summed E-state index contributed by atoms with van der Waals surface area (Å²) in [6, 6.07) is 0. The first-order valence-corrected chi connectivity index (χ1v) is 7.22. The zero-order valence-electron chi connectivity index (χ0n) is 12.1. The molecule has 1 heterocycles. The molecule has 1 aliphatic carbocycles. The summed E-state index contributed by atoms with van der Waals surface area (Å²) < 4.78 is 1.88. The van der Waals surface area contributed by atoms with Gasteiger partial charge in [-0.1, -0.05) is 26.2 Å². The van der Waals surface area contributed by atoms with Gasteiger partial charge in [-0.15, -0.1) is 0 Å². The topological polar surface area (TPSA) is 38.1 Å². The molecule has 18 heavy (non-hydrogen) atoms. The zero-order valence-corrected chi connectivity index (χ0v) is 12.1. The van der Waals surface area contributed by atoms with Gasteiger partial charge in [-0.05, 0) is 38.5 Å². The molecular formula is C15H26N2O. The van der Waals surface area contributed by atoms with Crippen LogP contribution in [0.3, 0.4) is 0 Å². The summed E-state index contributed by atoms with van der Waals surface area (Å²) >= 11 is 0. The second kappa shape index (κ2) is 5.43. The fourth-order valence-electron chi connectivity index (χ4n) is 3.44. The first-order valence-electron chi connectivity index (χ1n) is 7.22. The molecule has 1 N–H and O–H groups in total. The van der Waals surface area contributed by atoms with Crippen LogP contribution in [0.4, 0.5) is 0 Å². The van der Waals surface area contributed by atoms with Gasteiger partial charge < -0.3 is 5.11 Å². The lowest BCUT2D eigenvalue weighted by Crippen LogP contribution is -2.22. The standard InChI is InChI=1S/C15H26N2O/c1-5-12-7-6-8-13(9-12)15(18)14-10(2)16-17(4)11(14)3/h12-13,15,18H,5-9H2,1-4H3. The summed E-state index contributed by atoms with van der Waals surface area (Å²) in [7, 11) is 1.95. The maximum absolute atomic E-state index is 10.7. The minimum atomic E-state index is -0.326. The van der Waals surface area contributed by atoms with Gasteiger partial charge in [0.05, 0.1) is 11.8 Å². The molecule has 3 atom stereocenters. The van der Waals surface area contributed by atoms with E-state index in [1.165, 1.54) is 25.7 Å². The van der Waals surface area contributed by atoms with Gasteiger partial charge in [0.1, 0.15) is 0 Å². The number of aliphatic hydroxyl groups is 1. The average Bonchev–Trinajstić information content (AvgIpc) is 2.62. The van der Waals surface area contributed by atoms with Crippen molar-refractivity contribution in [3.63, 3.8) is 0 Å². The fourth-order valence-corrected chi connectivity index (χ4v) is 3.44. The molecule has 3 unspecified atom stereocenters. The van der Waals surface area contributed by atoms with E-state index < -0.39 is 0 Å². The molecule has 1 aliphatic rings. The highest BCUT2D eigenvalue weighted by molar-refractivity contribution is 5.27. The van der Waals surface area contributed by atoms with E-state index in [9.17, 15) is 5.11 Å². The Morgan fingerprint density at radius 1 is 1.39 bits per heavy atom. The SMILES string of the molecule is CCC1CCCC(C(O)c2c(C)nn(C)c2C)C1. The smallest absolute Gasteiger partial charge is 0.0854 e. The molecule has 3 heteroatoms. The quantitative estimate of drug-likeness (QED) is 0.894. The molecule has 1 fully saturated rings. The van der Waals surface area contributed by atoms with Crippen LogP contribution in [0.1, 0.15) is 62.1 Å². The Hall–Kier alpha value is -0.830. The van der Waals surface area contributed by atoms with Crippen LogP contribution in [-0.4, -0.2) is 14.9 Å². The third-order valence-electron chi connectivity index (χ3n) is 4.71. The number of hydrogen-bond acceptors (Lipinski definition) is 2. The van der Waals surface area contributed by atoms with Crippen LogP contribution in [0.15, 0.2) is 0 Å². The number of hydrogen-bond donors (Lipinski definition) is 1. The summed E-state index contributed by atoms with van der Waals surface area (Å²) in [6.45, 7) is 6.32. The molecule has 2 rings (SSSR count). The molecule has 1 aromatic heterocycles. The summed E-state index contributed by atoms with van der Waals surface area (Å²) in [5, 5.41) is 15.1. The largest absolute Gasteiger partial charge is 0.388 e. The summed E-state index contributed by atoms with van der Waals surface area (Å²) in [5.41, 5.74) is 3.17. The first kappa shape index (κ1) is 13.6. The van der Waals surface area contributed by atoms with Crippen LogP contribution in [0.25, 0.3) is 0 Å². The van der Waals surface area contributed by atoms with Gasteiger partial charge in [-0.2, -0.15) is 5.10 Å². The van der Waals surface area contributed by atoms with Gasteiger partial charge in [0.2, 0.25) is 0 Å². The molecule has 0 bridgehead atoms. The van der Waals surface area contributed by atoms with Crippen molar-refractivity contribution in [1.29, 1.82) is 0 Å². The van der Waals surface area contributed by atoms with Crippen molar-refractivity contribution in [3.05, 3.63) is 17.0 Å². The second-order valence-corrected chi connectivity index (χ2v) is 5.85.